The zero-order chi connectivity index (χ0) is 15.3. The van der Waals surface area contributed by atoms with Gasteiger partial charge in [-0.2, -0.15) is 0 Å². The van der Waals surface area contributed by atoms with Crippen molar-refractivity contribution >= 4 is 15.5 Å². The van der Waals surface area contributed by atoms with E-state index in [1.807, 2.05) is 0 Å². The number of rotatable bonds is 7. The summed E-state index contributed by atoms with van der Waals surface area (Å²) in [6.45, 7) is 1.86. The average Bonchev–Trinajstić information content (AvgIpc) is 2.38. The summed E-state index contributed by atoms with van der Waals surface area (Å²) in [5, 5.41) is 10.3. The maximum Gasteiger partial charge on any atom is 0.311 e. The maximum absolute atomic E-state index is 12.1. The Labute approximate surface area is 117 Å². The molecule has 1 aromatic rings. The molecule has 0 amide bonds. The number of hydrogen-bond acceptors (Lipinski definition) is 6. The molecule has 20 heavy (non-hydrogen) atoms. The molecule has 2 N–H and O–H groups in total. The summed E-state index contributed by atoms with van der Waals surface area (Å²) in [6.07, 6.45) is 0.362. The van der Waals surface area contributed by atoms with Crippen LogP contribution in [0, 0.1) is 10.1 Å². The Morgan fingerprint density at radius 3 is 2.60 bits per heavy atom. The van der Waals surface area contributed by atoms with Gasteiger partial charge in [0.1, 0.15) is 0 Å². The molecule has 0 fully saturated rings. The highest BCUT2D eigenvalue weighted by Crippen LogP contribution is 2.28. The molecule has 0 bridgehead atoms. The normalized spacial score (nSPS) is 12.9. The first kappa shape index (κ1) is 16.4. The van der Waals surface area contributed by atoms with Gasteiger partial charge in [-0.1, -0.05) is 6.07 Å². The molecule has 0 heterocycles. The van der Waals surface area contributed by atoms with Crippen molar-refractivity contribution < 1.29 is 18.1 Å². The van der Waals surface area contributed by atoms with E-state index in [2.05, 4.69) is 0 Å². The Morgan fingerprint density at radius 2 is 2.10 bits per heavy atom. The zero-order valence-corrected chi connectivity index (χ0v) is 12.2. The molecule has 0 spiro atoms. The highest BCUT2D eigenvalue weighted by molar-refractivity contribution is 7.91. The summed E-state index contributed by atoms with van der Waals surface area (Å²) in [7, 11) is -2.06. The van der Waals surface area contributed by atoms with Crippen LogP contribution in [0.25, 0.3) is 0 Å². The number of nitrogens with zero attached hydrogens (tertiary/aromatic N) is 1. The first-order valence-corrected chi connectivity index (χ1v) is 7.76. The molecule has 0 aromatic heterocycles. The van der Waals surface area contributed by atoms with E-state index in [0.29, 0.717) is 12.0 Å². The molecule has 0 aliphatic rings. The third-order valence-corrected chi connectivity index (χ3v) is 5.19. The first-order chi connectivity index (χ1) is 9.31. The fraction of sp³-hybridized carbons (Fsp3) is 0.500. The first-order valence-electron chi connectivity index (χ1n) is 6.04. The minimum absolute atomic E-state index is 0.103. The topological polar surface area (TPSA) is 113 Å². The fourth-order valence-corrected chi connectivity index (χ4v) is 3.18. The lowest BCUT2D eigenvalue weighted by molar-refractivity contribution is -0.385. The van der Waals surface area contributed by atoms with Gasteiger partial charge in [0.2, 0.25) is 0 Å². The van der Waals surface area contributed by atoms with E-state index in [1.54, 1.807) is 6.92 Å². The number of nitrogens with two attached hydrogens (primary N) is 1. The smallest absolute Gasteiger partial charge is 0.311 e. The standard InChI is InChI=1S/C12H18N2O5S/c1-9(5-6-13)20(17,18)8-10-3-4-12(19-2)11(7-10)14(15)16/h3-4,7,9H,5-6,8,13H2,1-2H3. The molecule has 1 rings (SSSR count). The highest BCUT2D eigenvalue weighted by atomic mass is 32.2. The Kier molecular flexibility index (Phi) is 5.46. The summed E-state index contributed by atoms with van der Waals surface area (Å²) in [6, 6.07) is 4.14. The van der Waals surface area contributed by atoms with Gasteiger partial charge >= 0.3 is 5.69 Å². The predicted octanol–water partition coefficient (Wildman–Crippen LogP) is 1.26. The monoisotopic (exact) mass is 302 g/mol. The van der Waals surface area contributed by atoms with Gasteiger partial charge < -0.3 is 10.5 Å². The predicted molar refractivity (Wildman–Crippen MR) is 75.4 cm³/mol. The number of hydrogen-bond donors (Lipinski definition) is 1. The van der Waals surface area contributed by atoms with Crippen molar-refractivity contribution in [2.45, 2.75) is 24.3 Å². The Balaban J connectivity index is 3.05. The molecule has 0 saturated heterocycles. The van der Waals surface area contributed by atoms with Crippen LogP contribution in [0.5, 0.6) is 5.75 Å². The van der Waals surface area contributed by atoms with Crippen molar-refractivity contribution in [2.75, 3.05) is 13.7 Å². The van der Waals surface area contributed by atoms with E-state index < -0.39 is 20.0 Å². The van der Waals surface area contributed by atoms with Crippen molar-refractivity contribution in [2.24, 2.45) is 5.73 Å². The Morgan fingerprint density at radius 1 is 1.45 bits per heavy atom. The quantitative estimate of drug-likeness (QED) is 0.599. The number of methoxy groups -OCH3 is 1. The molecule has 0 aliphatic heterocycles. The molecule has 0 radical (unpaired) electrons. The van der Waals surface area contributed by atoms with E-state index in [-0.39, 0.29) is 23.7 Å². The molecule has 7 nitrogen and oxygen atoms in total. The lowest BCUT2D eigenvalue weighted by atomic mass is 10.2. The number of benzene rings is 1. The van der Waals surface area contributed by atoms with Gasteiger partial charge in [0.15, 0.2) is 15.6 Å². The molecule has 1 unspecified atom stereocenters. The number of nitro benzene ring substituents is 1. The van der Waals surface area contributed by atoms with Gasteiger partial charge in [-0.15, -0.1) is 0 Å². The van der Waals surface area contributed by atoms with Crippen LogP contribution in [-0.4, -0.2) is 32.2 Å². The molecule has 1 atom stereocenters. The van der Waals surface area contributed by atoms with E-state index in [4.69, 9.17) is 10.5 Å². The van der Waals surface area contributed by atoms with E-state index in [0.717, 1.165) is 0 Å². The number of nitro groups is 1. The van der Waals surface area contributed by atoms with Crippen LogP contribution < -0.4 is 10.5 Å². The molecule has 8 heteroatoms. The molecule has 1 aromatic carbocycles. The van der Waals surface area contributed by atoms with Gasteiger partial charge in [0.25, 0.3) is 0 Å². The Hall–Kier alpha value is -1.67. The van der Waals surface area contributed by atoms with Crippen molar-refractivity contribution in [3.63, 3.8) is 0 Å². The minimum atomic E-state index is -3.38. The number of sulfone groups is 1. The molecular formula is C12H18N2O5S. The van der Waals surface area contributed by atoms with Crippen LogP contribution >= 0.6 is 0 Å². The van der Waals surface area contributed by atoms with Crippen LogP contribution in [0.4, 0.5) is 5.69 Å². The third-order valence-electron chi connectivity index (χ3n) is 2.99. The molecule has 0 saturated carbocycles. The zero-order valence-electron chi connectivity index (χ0n) is 11.4. The Bertz CT molecular complexity index is 586. The minimum Gasteiger partial charge on any atom is -0.490 e. The second kappa shape index (κ2) is 6.67. The summed E-state index contributed by atoms with van der Waals surface area (Å²) in [5.74, 6) is -0.148. The van der Waals surface area contributed by atoms with Gasteiger partial charge in [0.05, 0.1) is 23.0 Å². The van der Waals surface area contributed by atoms with Gasteiger partial charge in [-0.05, 0) is 31.5 Å². The van der Waals surface area contributed by atoms with Gasteiger partial charge in [-0.25, -0.2) is 8.42 Å². The average molecular weight is 302 g/mol. The molecule has 112 valence electrons. The van der Waals surface area contributed by atoms with Gasteiger partial charge in [-0.3, -0.25) is 10.1 Å². The fourth-order valence-electron chi connectivity index (χ4n) is 1.76. The second-order valence-corrected chi connectivity index (χ2v) is 6.88. The lowest BCUT2D eigenvalue weighted by Gasteiger charge is -2.12. The lowest BCUT2D eigenvalue weighted by Crippen LogP contribution is -2.22. The third kappa shape index (κ3) is 3.91. The maximum atomic E-state index is 12.1. The van der Waals surface area contributed by atoms with Crippen LogP contribution in [0.2, 0.25) is 0 Å². The highest BCUT2D eigenvalue weighted by Gasteiger charge is 2.23. The molecule has 0 aliphatic carbocycles. The second-order valence-electron chi connectivity index (χ2n) is 4.46. The SMILES string of the molecule is COc1ccc(CS(=O)(=O)C(C)CCN)cc1[N+](=O)[O-]. The summed E-state index contributed by atoms with van der Waals surface area (Å²) >= 11 is 0. The summed E-state index contributed by atoms with van der Waals surface area (Å²) < 4.78 is 29.0. The van der Waals surface area contributed by atoms with Crippen molar-refractivity contribution in [1.29, 1.82) is 0 Å². The van der Waals surface area contributed by atoms with Crippen LogP contribution in [0.1, 0.15) is 18.9 Å². The van der Waals surface area contributed by atoms with Crippen molar-refractivity contribution in [1.82, 2.24) is 0 Å². The van der Waals surface area contributed by atoms with Crippen LogP contribution in [0.3, 0.4) is 0 Å². The molecular weight excluding hydrogens is 284 g/mol. The van der Waals surface area contributed by atoms with Crippen molar-refractivity contribution in [3.8, 4) is 5.75 Å². The van der Waals surface area contributed by atoms with Crippen LogP contribution in [0.15, 0.2) is 18.2 Å². The van der Waals surface area contributed by atoms with Crippen molar-refractivity contribution in [3.05, 3.63) is 33.9 Å². The van der Waals surface area contributed by atoms with Gasteiger partial charge in [0, 0.05) is 6.07 Å². The number of ether oxygens (including phenoxy) is 1. The largest absolute Gasteiger partial charge is 0.490 e. The van der Waals surface area contributed by atoms with Crippen LogP contribution in [-0.2, 0) is 15.6 Å². The summed E-state index contributed by atoms with van der Waals surface area (Å²) in [4.78, 5) is 10.3. The van der Waals surface area contributed by atoms with E-state index in [9.17, 15) is 18.5 Å². The summed E-state index contributed by atoms with van der Waals surface area (Å²) in [5.41, 5.74) is 5.47. The van der Waals surface area contributed by atoms with E-state index in [1.165, 1.54) is 25.3 Å². The van der Waals surface area contributed by atoms with E-state index >= 15 is 0 Å².